The van der Waals surface area contributed by atoms with Crippen LogP contribution >= 0.6 is 0 Å². The first-order chi connectivity index (χ1) is 7.83. The molecule has 2 aliphatic rings. The van der Waals surface area contributed by atoms with Gasteiger partial charge in [0, 0.05) is 12.6 Å². The van der Waals surface area contributed by atoms with Gasteiger partial charge in [-0.2, -0.15) is 0 Å². The number of rotatable bonds is 7. The molecule has 1 aliphatic carbocycles. The van der Waals surface area contributed by atoms with Crippen LogP contribution in [0, 0.1) is 11.8 Å². The highest BCUT2D eigenvalue weighted by molar-refractivity contribution is 4.91. The number of nitrogens with zero attached hydrogens (tertiary/aromatic N) is 1. The Morgan fingerprint density at radius 2 is 2.19 bits per heavy atom. The summed E-state index contributed by atoms with van der Waals surface area (Å²) in [5.41, 5.74) is 5.64. The van der Waals surface area contributed by atoms with Gasteiger partial charge in [0.1, 0.15) is 0 Å². The van der Waals surface area contributed by atoms with Gasteiger partial charge in [0.25, 0.3) is 0 Å². The first-order valence-electron chi connectivity index (χ1n) is 7.27. The summed E-state index contributed by atoms with van der Waals surface area (Å²) < 4.78 is 0. The van der Waals surface area contributed by atoms with E-state index in [1.54, 1.807) is 0 Å². The molecule has 1 saturated heterocycles. The quantitative estimate of drug-likeness (QED) is 0.720. The zero-order chi connectivity index (χ0) is 11.4. The lowest BCUT2D eigenvalue weighted by Gasteiger charge is -2.27. The van der Waals surface area contributed by atoms with Crippen LogP contribution in [0.15, 0.2) is 0 Å². The molecule has 2 nitrogen and oxygen atoms in total. The number of hydrogen-bond acceptors (Lipinski definition) is 2. The van der Waals surface area contributed by atoms with Crippen molar-refractivity contribution in [3.05, 3.63) is 0 Å². The molecule has 16 heavy (non-hydrogen) atoms. The molecule has 2 rings (SSSR count). The maximum atomic E-state index is 5.64. The van der Waals surface area contributed by atoms with E-state index in [1.807, 2.05) is 0 Å². The van der Waals surface area contributed by atoms with Crippen LogP contribution in [0.3, 0.4) is 0 Å². The van der Waals surface area contributed by atoms with E-state index in [9.17, 15) is 0 Å². The molecule has 2 fully saturated rings. The molecule has 2 heteroatoms. The van der Waals surface area contributed by atoms with E-state index in [4.69, 9.17) is 5.73 Å². The smallest absolute Gasteiger partial charge is 0.00985 e. The predicted octanol–water partition coefficient (Wildman–Crippen LogP) is 2.63. The largest absolute Gasteiger partial charge is 0.330 e. The Morgan fingerprint density at radius 1 is 1.31 bits per heavy atom. The molecule has 0 radical (unpaired) electrons. The second kappa shape index (κ2) is 6.02. The summed E-state index contributed by atoms with van der Waals surface area (Å²) in [5, 5.41) is 0. The van der Waals surface area contributed by atoms with Crippen LogP contribution < -0.4 is 5.73 Å². The van der Waals surface area contributed by atoms with Gasteiger partial charge in [0.05, 0.1) is 0 Å². The molecule has 3 atom stereocenters. The van der Waals surface area contributed by atoms with Crippen molar-refractivity contribution in [3.63, 3.8) is 0 Å². The molecule has 3 unspecified atom stereocenters. The predicted molar refractivity (Wildman–Crippen MR) is 69.4 cm³/mol. The summed E-state index contributed by atoms with van der Waals surface area (Å²) in [7, 11) is 0. The fourth-order valence-corrected chi connectivity index (χ4v) is 3.67. The highest BCUT2D eigenvalue weighted by Crippen LogP contribution is 2.37. The fourth-order valence-electron chi connectivity index (χ4n) is 3.67. The van der Waals surface area contributed by atoms with Gasteiger partial charge in [-0.25, -0.2) is 0 Å². The summed E-state index contributed by atoms with van der Waals surface area (Å²) in [5.74, 6) is 1.93. The van der Waals surface area contributed by atoms with Gasteiger partial charge in [0.15, 0.2) is 0 Å². The Labute approximate surface area is 101 Å². The highest BCUT2D eigenvalue weighted by atomic mass is 15.2. The summed E-state index contributed by atoms with van der Waals surface area (Å²) in [6.45, 7) is 5.92. The Balaban J connectivity index is 1.60. The minimum Gasteiger partial charge on any atom is -0.330 e. The second-order valence-corrected chi connectivity index (χ2v) is 5.82. The van der Waals surface area contributed by atoms with Gasteiger partial charge in [-0.05, 0) is 63.5 Å². The minimum absolute atomic E-state index is 0.868. The van der Waals surface area contributed by atoms with Crippen LogP contribution in [0.1, 0.15) is 51.9 Å². The molecule has 0 amide bonds. The fraction of sp³-hybridized carbons (Fsp3) is 1.00. The molecule has 2 N–H and O–H groups in total. The molecule has 0 aromatic rings. The van der Waals surface area contributed by atoms with Crippen LogP contribution in [-0.4, -0.2) is 30.6 Å². The molecule has 2 bridgehead atoms. The summed E-state index contributed by atoms with van der Waals surface area (Å²) >= 11 is 0. The van der Waals surface area contributed by atoms with Gasteiger partial charge in [-0.15, -0.1) is 0 Å². The van der Waals surface area contributed by atoms with E-state index in [0.29, 0.717) is 0 Å². The third-order valence-corrected chi connectivity index (χ3v) is 4.73. The van der Waals surface area contributed by atoms with Crippen molar-refractivity contribution < 1.29 is 0 Å². The van der Waals surface area contributed by atoms with E-state index >= 15 is 0 Å². The molecule has 1 heterocycles. The maximum Gasteiger partial charge on any atom is 0.00985 e. The monoisotopic (exact) mass is 224 g/mol. The van der Waals surface area contributed by atoms with Crippen molar-refractivity contribution in [1.29, 1.82) is 0 Å². The van der Waals surface area contributed by atoms with Gasteiger partial charge in [-0.1, -0.05) is 13.3 Å². The van der Waals surface area contributed by atoms with Crippen molar-refractivity contribution in [3.8, 4) is 0 Å². The van der Waals surface area contributed by atoms with Crippen molar-refractivity contribution >= 4 is 0 Å². The van der Waals surface area contributed by atoms with Crippen LogP contribution in [0.25, 0.3) is 0 Å². The van der Waals surface area contributed by atoms with E-state index in [2.05, 4.69) is 11.8 Å². The standard InChI is InChI=1S/C14H28N2/c1-2-12(7-8-15)4-3-9-16-11-13-5-6-14(16)10-13/h12-14H,2-11,15H2,1H3. The lowest BCUT2D eigenvalue weighted by atomic mass is 9.96. The Hall–Kier alpha value is -0.0800. The lowest BCUT2D eigenvalue weighted by molar-refractivity contribution is 0.204. The molecule has 94 valence electrons. The molecule has 1 aliphatic heterocycles. The van der Waals surface area contributed by atoms with E-state index in [0.717, 1.165) is 24.4 Å². The Bertz CT molecular complexity index is 205. The van der Waals surface area contributed by atoms with Crippen molar-refractivity contribution in [2.75, 3.05) is 19.6 Å². The van der Waals surface area contributed by atoms with Gasteiger partial charge in [0.2, 0.25) is 0 Å². The minimum atomic E-state index is 0.868. The SMILES string of the molecule is CCC(CCN)CCCN1CC2CCC1C2. The second-order valence-electron chi connectivity index (χ2n) is 5.82. The highest BCUT2D eigenvalue weighted by Gasteiger charge is 2.36. The molecule has 1 saturated carbocycles. The number of piperidine rings is 1. The van der Waals surface area contributed by atoms with Gasteiger partial charge < -0.3 is 10.6 Å². The Kier molecular flexibility index (Phi) is 4.66. The first-order valence-corrected chi connectivity index (χ1v) is 7.27. The Morgan fingerprint density at radius 3 is 2.75 bits per heavy atom. The van der Waals surface area contributed by atoms with E-state index in [1.165, 1.54) is 58.0 Å². The van der Waals surface area contributed by atoms with Crippen molar-refractivity contribution in [1.82, 2.24) is 4.90 Å². The average molecular weight is 224 g/mol. The zero-order valence-electron chi connectivity index (χ0n) is 10.8. The van der Waals surface area contributed by atoms with Crippen LogP contribution in [0.5, 0.6) is 0 Å². The topological polar surface area (TPSA) is 29.3 Å². The van der Waals surface area contributed by atoms with E-state index in [-0.39, 0.29) is 0 Å². The maximum absolute atomic E-state index is 5.64. The van der Waals surface area contributed by atoms with Crippen molar-refractivity contribution in [2.24, 2.45) is 17.6 Å². The molecule has 0 spiro atoms. The first kappa shape index (κ1) is 12.4. The third-order valence-electron chi connectivity index (χ3n) is 4.73. The summed E-state index contributed by atoms with van der Waals surface area (Å²) in [4.78, 5) is 2.75. The molecule has 0 aromatic heterocycles. The molecule has 0 aromatic carbocycles. The van der Waals surface area contributed by atoms with Crippen LogP contribution in [-0.2, 0) is 0 Å². The summed E-state index contributed by atoms with van der Waals surface area (Å²) in [6, 6.07) is 0.958. The molecular weight excluding hydrogens is 196 g/mol. The lowest BCUT2D eigenvalue weighted by Crippen LogP contribution is -2.33. The third kappa shape index (κ3) is 2.98. The van der Waals surface area contributed by atoms with Gasteiger partial charge >= 0.3 is 0 Å². The molecular formula is C14H28N2. The number of likely N-dealkylation sites (tertiary alicyclic amines) is 1. The number of hydrogen-bond donors (Lipinski definition) is 1. The van der Waals surface area contributed by atoms with Gasteiger partial charge in [-0.3, -0.25) is 0 Å². The average Bonchev–Trinajstić information content (AvgIpc) is 2.89. The summed E-state index contributed by atoms with van der Waals surface area (Å²) in [6.07, 6.45) is 9.80. The number of fused-ring (bicyclic) bond motifs is 2. The number of nitrogens with two attached hydrogens (primary N) is 1. The van der Waals surface area contributed by atoms with Crippen molar-refractivity contribution in [2.45, 2.75) is 57.9 Å². The van der Waals surface area contributed by atoms with Crippen LogP contribution in [0.2, 0.25) is 0 Å². The normalized spacial score (nSPS) is 31.1. The zero-order valence-corrected chi connectivity index (χ0v) is 10.8. The van der Waals surface area contributed by atoms with E-state index < -0.39 is 0 Å². The van der Waals surface area contributed by atoms with Crippen LogP contribution in [0.4, 0.5) is 0 Å².